The van der Waals surface area contributed by atoms with E-state index in [1.807, 2.05) is 7.05 Å². The number of aliphatic hydroxyl groups is 1. The smallest absolute Gasteiger partial charge is 0.227 e. The number of rotatable bonds is 3. The van der Waals surface area contributed by atoms with E-state index in [9.17, 15) is 5.11 Å². The van der Waals surface area contributed by atoms with Crippen LogP contribution in [0, 0.1) is 6.92 Å². The van der Waals surface area contributed by atoms with Crippen molar-refractivity contribution in [1.82, 2.24) is 20.3 Å². The first-order valence-corrected chi connectivity index (χ1v) is 8.20. The normalized spacial score (nSPS) is 23.3. The van der Waals surface area contributed by atoms with Crippen molar-refractivity contribution in [3.8, 4) is 0 Å². The van der Waals surface area contributed by atoms with Gasteiger partial charge in [0.2, 0.25) is 5.95 Å². The number of pyridine rings is 1. The molecular formula is C16H22N6O. The second-order valence-electron chi connectivity index (χ2n) is 6.33. The Kier molecular flexibility index (Phi) is 3.54. The first kappa shape index (κ1) is 14.6. The van der Waals surface area contributed by atoms with Crippen molar-refractivity contribution in [3.63, 3.8) is 0 Å². The van der Waals surface area contributed by atoms with Gasteiger partial charge in [-0.2, -0.15) is 9.97 Å². The lowest BCUT2D eigenvalue weighted by Gasteiger charge is -2.17. The summed E-state index contributed by atoms with van der Waals surface area (Å²) in [5, 5.41) is 20.6. The van der Waals surface area contributed by atoms with E-state index < -0.39 is 6.10 Å². The molecule has 4 N–H and O–H groups in total. The monoisotopic (exact) mass is 314 g/mol. The molecule has 0 radical (unpaired) electrons. The summed E-state index contributed by atoms with van der Waals surface area (Å²) in [6.45, 7) is 3.35. The van der Waals surface area contributed by atoms with Crippen LogP contribution in [0.2, 0.25) is 0 Å². The van der Waals surface area contributed by atoms with Crippen LogP contribution in [0.5, 0.6) is 0 Å². The zero-order valence-corrected chi connectivity index (χ0v) is 13.5. The molecule has 0 amide bonds. The lowest BCUT2D eigenvalue weighted by molar-refractivity contribution is 0.185. The van der Waals surface area contributed by atoms with Gasteiger partial charge in [0, 0.05) is 25.8 Å². The van der Waals surface area contributed by atoms with Crippen LogP contribution in [-0.2, 0) is 12.8 Å². The molecule has 2 aromatic heterocycles. The number of anilines is 2. The van der Waals surface area contributed by atoms with E-state index in [1.54, 1.807) is 0 Å². The van der Waals surface area contributed by atoms with Crippen molar-refractivity contribution >= 4 is 22.8 Å². The fourth-order valence-corrected chi connectivity index (χ4v) is 3.68. The molecule has 2 aromatic rings. The first-order chi connectivity index (χ1) is 11.2. The van der Waals surface area contributed by atoms with Crippen molar-refractivity contribution in [3.05, 3.63) is 16.8 Å². The Morgan fingerprint density at radius 1 is 1.13 bits per heavy atom. The molecule has 1 saturated heterocycles. The third kappa shape index (κ3) is 2.40. The molecule has 0 saturated carbocycles. The molecule has 1 fully saturated rings. The Bertz CT molecular complexity index is 762. The molecule has 3 heterocycles. The van der Waals surface area contributed by atoms with Crippen LogP contribution in [-0.4, -0.2) is 52.3 Å². The van der Waals surface area contributed by atoms with Crippen molar-refractivity contribution in [1.29, 1.82) is 0 Å². The van der Waals surface area contributed by atoms with E-state index in [0.29, 0.717) is 19.0 Å². The summed E-state index contributed by atoms with van der Waals surface area (Å²) >= 11 is 0. The second-order valence-corrected chi connectivity index (χ2v) is 6.33. The fourth-order valence-electron chi connectivity index (χ4n) is 3.68. The average molecular weight is 314 g/mol. The van der Waals surface area contributed by atoms with Crippen molar-refractivity contribution < 1.29 is 5.11 Å². The first-order valence-electron chi connectivity index (χ1n) is 8.20. The standard InChI is InChI=1S/C16H22N6O/c1-8-9-4-3-5-10(9)13-14(17-2)21-16(22-15(13)19-8)20-11-6-18-7-12(11)23/h11-12,18,23H,3-7H2,1-2H3,(H2,17,19,20,21,22). The molecule has 23 heavy (non-hydrogen) atoms. The molecule has 0 bridgehead atoms. The molecule has 1 aliphatic carbocycles. The van der Waals surface area contributed by atoms with Gasteiger partial charge >= 0.3 is 0 Å². The van der Waals surface area contributed by atoms with Gasteiger partial charge in [-0.25, -0.2) is 4.98 Å². The van der Waals surface area contributed by atoms with Gasteiger partial charge in [0.25, 0.3) is 0 Å². The van der Waals surface area contributed by atoms with Crippen LogP contribution >= 0.6 is 0 Å². The quantitative estimate of drug-likeness (QED) is 0.659. The van der Waals surface area contributed by atoms with E-state index in [1.165, 1.54) is 17.5 Å². The molecule has 2 aliphatic rings. The molecule has 7 heteroatoms. The van der Waals surface area contributed by atoms with Crippen LogP contribution in [0.3, 0.4) is 0 Å². The summed E-state index contributed by atoms with van der Waals surface area (Å²) in [6.07, 6.45) is 2.89. The maximum absolute atomic E-state index is 9.95. The highest BCUT2D eigenvalue weighted by atomic mass is 16.3. The highest BCUT2D eigenvalue weighted by molar-refractivity contribution is 5.92. The summed E-state index contributed by atoms with van der Waals surface area (Å²) in [6, 6.07) is -0.0762. The van der Waals surface area contributed by atoms with Crippen molar-refractivity contribution in [2.75, 3.05) is 30.8 Å². The molecule has 1 aliphatic heterocycles. The number of nitrogens with zero attached hydrogens (tertiary/aromatic N) is 3. The van der Waals surface area contributed by atoms with Gasteiger partial charge in [-0.1, -0.05) is 0 Å². The van der Waals surface area contributed by atoms with Gasteiger partial charge < -0.3 is 21.1 Å². The van der Waals surface area contributed by atoms with Crippen molar-refractivity contribution in [2.24, 2.45) is 0 Å². The van der Waals surface area contributed by atoms with E-state index in [0.717, 1.165) is 35.4 Å². The zero-order valence-electron chi connectivity index (χ0n) is 13.5. The predicted octanol–water partition coefficient (Wildman–Crippen LogP) is 0.608. The van der Waals surface area contributed by atoms with E-state index in [2.05, 4.69) is 32.8 Å². The summed E-state index contributed by atoms with van der Waals surface area (Å²) in [5.41, 5.74) is 4.49. The van der Waals surface area contributed by atoms with Gasteiger partial charge in [-0.3, -0.25) is 0 Å². The summed E-state index contributed by atoms with van der Waals surface area (Å²) in [4.78, 5) is 13.9. The van der Waals surface area contributed by atoms with Gasteiger partial charge in [-0.15, -0.1) is 0 Å². The lowest BCUT2D eigenvalue weighted by atomic mass is 10.1. The van der Waals surface area contributed by atoms with Crippen molar-refractivity contribution in [2.45, 2.75) is 38.3 Å². The summed E-state index contributed by atoms with van der Waals surface area (Å²) < 4.78 is 0. The topological polar surface area (TPSA) is 95.0 Å². The maximum Gasteiger partial charge on any atom is 0.227 e. The summed E-state index contributed by atoms with van der Waals surface area (Å²) in [5.74, 6) is 1.32. The van der Waals surface area contributed by atoms with Crippen LogP contribution in [0.25, 0.3) is 11.0 Å². The van der Waals surface area contributed by atoms with Crippen LogP contribution in [0.15, 0.2) is 0 Å². The van der Waals surface area contributed by atoms with E-state index in [4.69, 9.17) is 4.98 Å². The van der Waals surface area contributed by atoms with Gasteiger partial charge in [0.05, 0.1) is 17.5 Å². The zero-order chi connectivity index (χ0) is 16.0. The molecule has 7 nitrogen and oxygen atoms in total. The Labute approximate surface area is 134 Å². The number of hydrogen-bond acceptors (Lipinski definition) is 7. The number of nitrogens with one attached hydrogen (secondary N) is 3. The Hall–Kier alpha value is -1.99. The number of β-amino-alcohol motifs (C(OH)–C–C–N with tert-alkyl or cyclic N) is 1. The fraction of sp³-hybridized carbons (Fsp3) is 0.562. The van der Waals surface area contributed by atoms with E-state index in [-0.39, 0.29) is 6.04 Å². The van der Waals surface area contributed by atoms with Crippen LogP contribution in [0.1, 0.15) is 23.2 Å². The predicted molar refractivity (Wildman–Crippen MR) is 89.9 cm³/mol. The number of aliphatic hydroxyl groups excluding tert-OH is 1. The van der Waals surface area contributed by atoms with Crippen LogP contribution in [0.4, 0.5) is 11.8 Å². The minimum absolute atomic E-state index is 0.0762. The molecule has 4 rings (SSSR count). The highest BCUT2D eigenvalue weighted by Crippen LogP contribution is 2.34. The van der Waals surface area contributed by atoms with E-state index >= 15 is 0 Å². The minimum atomic E-state index is -0.429. The molecule has 2 atom stereocenters. The average Bonchev–Trinajstić information content (AvgIpc) is 3.16. The molecule has 0 aromatic carbocycles. The Morgan fingerprint density at radius 2 is 1.96 bits per heavy atom. The molecule has 0 spiro atoms. The number of aryl methyl sites for hydroxylation is 2. The van der Waals surface area contributed by atoms with Gasteiger partial charge in [0.15, 0.2) is 5.65 Å². The number of fused-ring (bicyclic) bond motifs is 3. The molecule has 122 valence electrons. The minimum Gasteiger partial charge on any atom is -0.390 e. The Balaban J connectivity index is 1.81. The highest BCUT2D eigenvalue weighted by Gasteiger charge is 2.27. The molecule has 2 unspecified atom stereocenters. The summed E-state index contributed by atoms with van der Waals surface area (Å²) in [7, 11) is 1.87. The second kappa shape index (κ2) is 5.58. The number of hydrogen-bond donors (Lipinski definition) is 4. The van der Waals surface area contributed by atoms with Gasteiger partial charge in [-0.05, 0) is 37.3 Å². The Morgan fingerprint density at radius 3 is 2.70 bits per heavy atom. The number of aromatic nitrogens is 3. The SMILES string of the molecule is CNc1nc(NC2CNCC2O)nc2nc(C)c3c(c12)CCC3. The van der Waals surface area contributed by atoms with Gasteiger partial charge in [0.1, 0.15) is 5.82 Å². The maximum atomic E-state index is 9.95. The lowest BCUT2D eigenvalue weighted by Crippen LogP contribution is -2.32. The third-order valence-corrected chi connectivity index (χ3v) is 4.85. The van der Waals surface area contributed by atoms with Crippen LogP contribution < -0.4 is 16.0 Å². The third-order valence-electron chi connectivity index (χ3n) is 4.85. The molecular weight excluding hydrogens is 292 g/mol. The largest absolute Gasteiger partial charge is 0.390 e.